The minimum absolute atomic E-state index is 0.117. The summed E-state index contributed by atoms with van der Waals surface area (Å²) >= 11 is 0. The van der Waals surface area contributed by atoms with Crippen LogP contribution in [-0.2, 0) is 14.3 Å². The van der Waals surface area contributed by atoms with Crippen LogP contribution in [0, 0.1) is 0 Å². The maximum Gasteiger partial charge on any atom is 0.335 e. The molecule has 1 aromatic carbocycles. The van der Waals surface area contributed by atoms with Gasteiger partial charge in [-0.25, -0.2) is 9.59 Å². The minimum Gasteiger partial charge on any atom is -0.504 e. The second kappa shape index (κ2) is 7.73. The van der Waals surface area contributed by atoms with Gasteiger partial charge in [0.05, 0.1) is 19.3 Å². The van der Waals surface area contributed by atoms with Crippen molar-refractivity contribution in [3.63, 3.8) is 0 Å². The van der Waals surface area contributed by atoms with E-state index in [1.807, 2.05) is 0 Å². The number of carboxylic acids is 1. The van der Waals surface area contributed by atoms with Crippen molar-refractivity contribution in [3.05, 3.63) is 29.8 Å². The van der Waals surface area contributed by atoms with Gasteiger partial charge in [-0.3, -0.25) is 0 Å². The van der Waals surface area contributed by atoms with Crippen LogP contribution in [0.5, 0.6) is 11.5 Å². The molecule has 0 saturated heterocycles. The Morgan fingerprint density at radius 1 is 1.23 bits per heavy atom. The van der Waals surface area contributed by atoms with Crippen molar-refractivity contribution in [3.8, 4) is 11.5 Å². The fourth-order valence-corrected chi connectivity index (χ4v) is 2.74. The largest absolute Gasteiger partial charge is 0.504 e. The third-order valence-electron chi connectivity index (χ3n) is 4.12. The number of methoxy groups -OCH3 is 1. The monoisotopic (exact) mass is 368 g/mol. The van der Waals surface area contributed by atoms with Gasteiger partial charge in [0.1, 0.15) is 0 Å². The minimum atomic E-state index is -2.28. The number of aliphatic hydroxyl groups is 3. The first-order valence-corrected chi connectivity index (χ1v) is 7.74. The molecule has 9 nitrogen and oxygen atoms in total. The molecule has 0 aromatic heterocycles. The van der Waals surface area contributed by atoms with Crippen LogP contribution in [0.15, 0.2) is 24.3 Å². The quantitative estimate of drug-likeness (QED) is 0.347. The number of esters is 1. The highest BCUT2D eigenvalue weighted by Crippen LogP contribution is 2.31. The number of phenolic OH excluding ortho intramolecular Hbond substituents is 1. The molecule has 0 spiro atoms. The molecule has 1 fully saturated rings. The third-order valence-corrected chi connectivity index (χ3v) is 4.12. The molecule has 142 valence electrons. The molecule has 0 radical (unpaired) electrons. The van der Waals surface area contributed by atoms with Crippen LogP contribution in [0.2, 0.25) is 0 Å². The number of carboxylic acid groups (broad SMARTS) is 1. The molecule has 0 amide bonds. The Kier molecular flexibility index (Phi) is 5.86. The Morgan fingerprint density at radius 3 is 2.35 bits per heavy atom. The van der Waals surface area contributed by atoms with Crippen LogP contribution >= 0.6 is 0 Å². The molecule has 5 N–H and O–H groups in total. The number of ether oxygens (including phenoxy) is 2. The lowest BCUT2D eigenvalue weighted by Gasteiger charge is -2.39. The van der Waals surface area contributed by atoms with Gasteiger partial charge in [-0.1, -0.05) is 6.07 Å². The molecule has 0 heterocycles. The van der Waals surface area contributed by atoms with Crippen molar-refractivity contribution in [2.45, 2.75) is 36.8 Å². The molecule has 26 heavy (non-hydrogen) atoms. The summed E-state index contributed by atoms with van der Waals surface area (Å²) < 4.78 is 9.87. The molecular weight excluding hydrogens is 348 g/mol. The topological polar surface area (TPSA) is 154 Å². The number of aliphatic carboxylic acids is 1. The summed E-state index contributed by atoms with van der Waals surface area (Å²) in [5, 5.41) is 48.3. The van der Waals surface area contributed by atoms with E-state index >= 15 is 0 Å². The number of aliphatic hydroxyl groups excluding tert-OH is 2. The summed E-state index contributed by atoms with van der Waals surface area (Å²) in [4.78, 5) is 22.9. The molecule has 1 saturated carbocycles. The number of carbonyl (C=O) groups is 2. The molecule has 1 aliphatic carbocycles. The summed E-state index contributed by atoms with van der Waals surface area (Å²) in [5.74, 6) is -2.30. The third kappa shape index (κ3) is 4.31. The molecular formula is C17H20O9. The van der Waals surface area contributed by atoms with E-state index in [0.29, 0.717) is 5.56 Å². The summed E-state index contributed by atoms with van der Waals surface area (Å²) in [6.45, 7) is 0. The molecule has 1 aliphatic rings. The van der Waals surface area contributed by atoms with E-state index in [4.69, 9.17) is 14.6 Å². The van der Waals surface area contributed by atoms with E-state index in [2.05, 4.69) is 0 Å². The summed E-state index contributed by atoms with van der Waals surface area (Å²) in [5.41, 5.74) is -1.80. The number of phenols is 1. The molecule has 0 aliphatic heterocycles. The van der Waals surface area contributed by atoms with E-state index in [1.54, 1.807) is 6.07 Å². The Bertz CT molecular complexity index is 700. The van der Waals surface area contributed by atoms with Crippen molar-refractivity contribution >= 4 is 18.0 Å². The predicted molar refractivity (Wildman–Crippen MR) is 87.4 cm³/mol. The Balaban J connectivity index is 2.01. The smallest absolute Gasteiger partial charge is 0.335 e. The zero-order valence-corrected chi connectivity index (χ0v) is 13.9. The SMILES string of the molecule is COc1ccc(C=CC(=O)OC2[C@H](O)CC(O)(C(=O)O)C[C@@H]2O)cc1O. The zero-order valence-electron chi connectivity index (χ0n) is 13.9. The van der Waals surface area contributed by atoms with Crippen molar-refractivity contribution in [2.75, 3.05) is 7.11 Å². The Labute approximate surface area is 148 Å². The standard InChI is InChI=1S/C17H20O9/c1-25-13-4-2-9(6-10(13)18)3-5-14(21)26-15-11(19)7-17(24,16(22)23)8-12(15)20/h2-6,11-12,15,18-20,24H,7-8H2,1H3,(H,22,23)/t11-,12+,15?,17?. The predicted octanol–water partition coefficient (Wildman–Crippen LogP) is -0.343. The second-order valence-electron chi connectivity index (χ2n) is 6.05. The molecule has 4 atom stereocenters. The van der Waals surface area contributed by atoms with Gasteiger partial charge in [0.2, 0.25) is 0 Å². The highest BCUT2D eigenvalue weighted by atomic mass is 16.6. The maximum absolute atomic E-state index is 11.9. The van der Waals surface area contributed by atoms with E-state index in [-0.39, 0.29) is 11.5 Å². The van der Waals surface area contributed by atoms with Crippen LogP contribution in [0.1, 0.15) is 18.4 Å². The fraction of sp³-hybridized carbons (Fsp3) is 0.412. The second-order valence-corrected chi connectivity index (χ2v) is 6.05. The van der Waals surface area contributed by atoms with Gasteiger partial charge in [-0.15, -0.1) is 0 Å². The molecule has 0 bridgehead atoms. The summed E-state index contributed by atoms with van der Waals surface area (Å²) in [7, 11) is 1.40. The van der Waals surface area contributed by atoms with E-state index in [0.717, 1.165) is 6.08 Å². The van der Waals surface area contributed by atoms with Crippen molar-refractivity contribution < 1.29 is 44.6 Å². The average Bonchev–Trinajstić information content (AvgIpc) is 2.56. The molecule has 9 heteroatoms. The first-order valence-electron chi connectivity index (χ1n) is 7.74. The van der Waals surface area contributed by atoms with E-state index in [9.17, 15) is 30.0 Å². The van der Waals surface area contributed by atoms with E-state index in [1.165, 1.54) is 25.3 Å². The van der Waals surface area contributed by atoms with Crippen molar-refractivity contribution in [1.29, 1.82) is 0 Å². The van der Waals surface area contributed by atoms with E-state index < -0.39 is 48.7 Å². The fourth-order valence-electron chi connectivity index (χ4n) is 2.74. The van der Waals surface area contributed by atoms with Crippen LogP contribution in [-0.4, -0.2) is 68.5 Å². The van der Waals surface area contributed by atoms with Gasteiger partial charge in [-0.05, 0) is 23.8 Å². The number of benzene rings is 1. The van der Waals surface area contributed by atoms with Gasteiger partial charge in [0, 0.05) is 18.9 Å². The lowest BCUT2D eigenvalue weighted by Crippen LogP contribution is -2.57. The van der Waals surface area contributed by atoms with Gasteiger partial charge in [0.15, 0.2) is 23.2 Å². The maximum atomic E-state index is 11.9. The molecule has 1 aromatic rings. The van der Waals surface area contributed by atoms with Crippen LogP contribution in [0.25, 0.3) is 6.08 Å². The lowest BCUT2D eigenvalue weighted by molar-refractivity contribution is -0.196. The number of carbonyl (C=O) groups excluding carboxylic acids is 1. The van der Waals surface area contributed by atoms with Gasteiger partial charge in [-0.2, -0.15) is 0 Å². The zero-order chi connectivity index (χ0) is 19.5. The number of rotatable bonds is 5. The highest BCUT2D eigenvalue weighted by molar-refractivity contribution is 5.87. The van der Waals surface area contributed by atoms with Gasteiger partial charge >= 0.3 is 11.9 Å². The van der Waals surface area contributed by atoms with Crippen LogP contribution in [0.4, 0.5) is 0 Å². The molecule has 2 rings (SSSR count). The lowest BCUT2D eigenvalue weighted by atomic mass is 9.79. The summed E-state index contributed by atoms with van der Waals surface area (Å²) in [6.07, 6.45) is -3.23. The van der Waals surface area contributed by atoms with Crippen LogP contribution < -0.4 is 4.74 Å². The van der Waals surface area contributed by atoms with Crippen molar-refractivity contribution in [2.24, 2.45) is 0 Å². The summed E-state index contributed by atoms with van der Waals surface area (Å²) in [6, 6.07) is 4.45. The average molecular weight is 368 g/mol. The first kappa shape index (κ1) is 19.7. The van der Waals surface area contributed by atoms with Crippen molar-refractivity contribution in [1.82, 2.24) is 0 Å². The Hall–Kier alpha value is -2.62. The van der Waals surface area contributed by atoms with Gasteiger partial charge in [0.25, 0.3) is 0 Å². The first-order chi connectivity index (χ1) is 12.2. The number of hydrogen-bond donors (Lipinski definition) is 5. The Morgan fingerprint density at radius 2 is 1.85 bits per heavy atom. The number of hydrogen-bond acceptors (Lipinski definition) is 8. The number of aromatic hydroxyl groups is 1. The highest BCUT2D eigenvalue weighted by Gasteiger charge is 2.50. The van der Waals surface area contributed by atoms with Gasteiger partial charge < -0.3 is 35.0 Å². The molecule has 2 unspecified atom stereocenters. The van der Waals surface area contributed by atoms with Crippen LogP contribution in [0.3, 0.4) is 0 Å². The normalized spacial score (nSPS) is 28.7.